The minimum Gasteiger partial charge on any atom is -0.395 e. The van der Waals surface area contributed by atoms with E-state index in [0.717, 1.165) is 24.9 Å². The minimum atomic E-state index is -1.94. The number of piperidine rings is 1. The molecule has 2 aliphatic rings. The predicted octanol–water partition coefficient (Wildman–Crippen LogP) is 4.09. The third-order valence-electron chi connectivity index (χ3n) is 8.44. The Balaban J connectivity index is 1.38. The van der Waals surface area contributed by atoms with Gasteiger partial charge in [0, 0.05) is 48.9 Å². The number of amides is 3. The third kappa shape index (κ3) is 6.60. The second-order valence-electron chi connectivity index (χ2n) is 11.5. The van der Waals surface area contributed by atoms with Crippen molar-refractivity contribution in [2.45, 2.75) is 38.3 Å². The second kappa shape index (κ2) is 14.0. The SMILES string of the molecule is C[C@@H](/C=C/CC(=O)N(CCO)Cc1ccccc1)[C@]1(O)C(=O)N(c2ccccc2)c2ccc(NC(=O)C3CCCNC3)cc21. The maximum Gasteiger partial charge on any atom is 0.268 e. The van der Waals surface area contributed by atoms with Gasteiger partial charge in [0.05, 0.1) is 18.2 Å². The Labute approximate surface area is 258 Å². The first-order valence-electron chi connectivity index (χ1n) is 15.2. The number of carbonyl (C=O) groups is 3. The summed E-state index contributed by atoms with van der Waals surface area (Å²) in [6, 6.07) is 23.9. The fourth-order valence-corrected chi connectivity index (χ4v) is 5.96. The summed E-state index contributed by atoms with van der Waals surface area (Å²) in [5.74, 6) is -1.63. The van der Waals surface area contributed by atoms with Gasteiger partial charge >= 0.3 is 0 Å². The molecule has 9 heteroatoms. The highest BCUT2D eigenvalue weighted by Crippen LogP contribution is 2.49. The molecule has 1 saturated heterocycles. The summed E-state index contributed by atoms with van der Waals surface area (Å²) in [6.45, 7) is 3.67. The molecule has 9 nitrogen and oxygen atoms in total. The lowest BCUT2D eigenvalue weighted by molar-refractivity contribution is -0.138. The number of benzene rings is 3. The van der Waals surface area contributed by atoms with Crippen molar-refractivity contribution in [1.82, 2.24) is 10.2 Å². The molecule has 0 saturated carbocycles. The van der Waals surface area contributed by atoms with Gasteiger partial charge in [-0.1, -0.05) is 67.6 Å². The third-order valence-corrected chi connectivity index (χ3v) is 8.44. The van der Waals surface area contributed by atoms with Gasteiger partial charge in [-0.15, -0.1) is 0 Å². The van der Waals surface area contributed by atoms with Crippen LogP contribution in [0.15, 0.2) is 91.0 Å². The molecule has 0 aliphatic carbocycles. The molecule has 3 amide bonds. The van der Waals surface area contributed by atoms with Gasteiger partial charge in [0.2, 0.25) is 11.8 Å². The molecule has 0 aromatic heterocycles. The van der Waals surface area contributed by atoms with Crippen LogP contribution in [0.25, 0.3) is 0 Å². The number of aliphatic hydroxyl groups excluding tert-OH is 1. The van der Waals surface area contributed by atoms with Gasteiger partial charge in [-0.05, 0) is 55.3 Å². The average Bonchev–Trinajstić information content (AvgIpc) is 3.28. The van der Waals surface area contributed by atoms with Gasteiger partial charge in [-0.25, -0.2) is 0 Å². The van der Waals surface area contributed by atoms with Crippen LogP contribution in [0.5, 0.6) is 0 Å². The van der Waals surface area contributed by atoms with Crippen molar-refractivity contribution in [1.29, 1.82) is 0 Å². The molecule has 230 valence electrons. The number of aliphatic hydroxyl groups is 2. The van der Waals surface area contributed by atoms with E-state index < -0.39 is 17.4 Å². The normalized spacial score (nSPS) is 20.4. The number of para-hydroxylation sites is 1. The van der Waals surface area contributed by atoms with E-state index in [1.165, 1.54) is 4.90 Å². The highest BCUT2D eigenvalue weighted by atomic mass is 16.3. The van der Waals surface area contributed by atoms with Crippen molar-refractivity contribution in [3.8, 4) is 0 Å². The largest absolute Gasteiger partial charge is 0.395 e. The van der Waals surface area contributed by atoms with Crippen molar-refractivity contribution in [3.63, 3.8) is 0 Å². The molecule has 3 aromatic rings. The van der Waals surface area contributed by atoms with Gasteiger partial charge in [0.1, 0.15) is 0 Å². The smallest absolute Gasteiger partial charge is 0.268 e. The van der Waals surface area contributed by atoms with Crippen LogP contribution in [0.2, 0.25) is 0 Å². The quantitative estimate of drug-likeness (QED) is 0.248. The van der Waals surface area contributed by atoms with Crippen LogP contribution in [0.3, 0.4) is 0 Å². The van der Waals surface area contributed by atoms with Crippen LogP contribution in [0.4, 0.5) is 17.1 Å². The zero-order valence-corrected chi connectivity index (χ0v) is 25.0. The lowest BCUT2D eigenvalue weighted by Crippen LogP contribution is -2.42. The number of rotatable bonds is 11. The molecule has 2 heterocycles. The van der Waals surface area contributed by atoms with Crippen LogP contribution < -0.4 is 15.5 Å². The van der Waals surface area contributed by atoms with E-state index in [1.807, 2.05) is 48.5 Å². The summed E-state index contributed by atoms with van der Waals surface area (Å²) in [5, 5.41) is 27.9. The maximum absolute atomic E-state index is 14.0. The molecule has 0 radical (unpaired) electrons. The molecular formula is C35H40N4O5. The highest BCUT2D eigenvalue weighted by molar-refractivity contribution is 6.12. The molecule has 3 atom stereocenters. The van der Waals surface area contributed by atoms with Crippen molar-refractivity contribution >= 4 is 34.8 Å². The second-order valence-corrected chi connectivity index (χ2v) is 11.5. The standard InChI is InChI=1S/C35H40N4O5/c1-25(10-8-16-32(41)38(20-21-40)24-26-11-4-2-5-12-26)35(44)30-22-28(37-33(42)27-13-9-19-36-23-27)17-18-31(30)39(34(35)43)29-14-6-3-7-15-29/h2-8,10-12,14-15,17-18,22,25,27,36,40,44H,9,13,16,19-21,23-24H2,1H3,(H,37,42)/b10-8+/t25-,27?,35+/m0/s1. The van der Waals surface area contributed by atoms with Crippen LogP contribution in [-0.4, -0.2) is 59.1 Å². The van der Waals surface area contributed by atoms with Gasteiger partial charge in [-0.3, -0.25) is 19.3 Å². The first-order valence-corrected chi connectivity index (χ1v) is 15.2. The number of anilines is 3. The fourth-order valence-electron chi connectivity index (χ4n) is 5.96. The lowest BCUT2D eigenvalue weighted by atomic mass is 9.82. The Morgan fingerprint density at radius 2 is 1.84 bits per heavy atom. The Morgan fingerprint density at radius 1 is 1.11 bits per heavy atom. The van der Waals surface area contributed by atoms with Crippen LogP contribution in [0.1, 0.15) is 37.3 Å². The average molecular weight is 597 g/mol. The molecule has 5 rings (SSSR count). The zero-order chi connectivity index (χ0) is 31.1. The Hall–Kier alpha value is -4.31. The number of nitrogens with one attached hydrogen (secondary N) is 2. The van der Waals surface area contributed by atoms with Gasteiger partial charge < -0.3 is 25.7 Å². The molecule has 44 heavy (non-hydrogen) atoms. The summed E-state index contributed by atoms with van der Waals surface area (Å²) < 4.78 is 0. The zero-order valence-electron chi connectivity index (χ0n) is 25.0. The van der Waals surface area contributed by atoms with Crippen molar-refractivity contribution in [2.75, 3.05) is 36.5 Å². The molecule has 4 N–H and O–H groups in total. The van der Waals surface area contributed by atoms with Crippen LogP contribution in [-0.2, 0) is 26.5 Å². The Kier molecular flexibility index (Phi) is 9.89. The van der Waals surface area contributed by atoms with Crippen LogP contribution in [0, 0.1) is 11.8 Å². The Bertz CT molecular complexity index is 1490. The number of fused-ring (bicyclic) bond motifs is 1. The van der Waals surface area contributed by atoms with Gasteiger partial charge in [0.25, 0.3) is 5.91 Å². The van der Waals surface area contributed by atoms with Crippen LogP contribution >= 0.6 is 0 Å². The molecule has 3 aromatic carbocycles. The maximum atomic E-state index is 14.0. The summed E-state index contributed by atoms with van der Waals surface area (Å²) in [6.07, 6.45) is 5.13. The number of hydrogen-bond donors (Lipinski definition) is 4. The van der Waals surface area contributed by atoms with E-state index in [-0.39, 0.29) is 37.3 Å². The monoisotopic (exact) mass is 596 g/mol. The lowest BCUT2D eigenvalue weighted by Gasteiger charge is -2.28. The highest BCUT2D eigenvalue weighted by Gasteiger charge is 2.53. The molecule has 0 spiro atoms. The molecule has 0 bridgehead atoms. The number of nitrogens with zero attached hydrogens (tertiary/aromatic N) is 2. The summed E-state index contributed by atoms with van der Waals surface area (Å²) in [5.41, 5.74) is 1.07. The first-order chi connectivity index (χ1) is 21.3. The van der Waals surface area contributed by atoms with E-state index in [2.05, 4.69) is 10.6 Å². The summed E-state index contributed by atoms with van der Waals surface area (Å²) in [7, 11) is 0. The summed E-state index contributed by atoms with van der Waals surface area (Å²) >= 11 is 0. The van der Waals surface area contributed by atoms with E-state index in [4.69, 9.17) is 0 Å². The topological polar surface area (TPSA) is 122 Å². The molecule has 1 fully saturated rings. The summed E-state index contributed by atoms with van der Waals surface area (Å²) in [4.78, 5) is 43.2. The Morgan fingerprint density at radius 3 is 2.52 bits per heavy atom. The first kappa shape index (κ1) is 31.1. The molecular weight excluding hydrogens is 556 g/mol. The number of carbonyl (C=O) groups excluding carboxylic acids is 3. The van der Waals surface area contributed by atoms with E-state index >= 15 is 0 Å². The van der Waals surface area contributed by atoms with Crippen molar-refractivity contribution < 1.29 is 24.6 Å². The molecule has 1 unspecified atom stereocenters. The van der Waals surface area contributed by atoms with Gasteiger partial charge in [-0.2, -0.15) is 0 Å². The van der Waals surface area contributed by atoms with Crippen molar-refractivity contribution in [2.24, 2.45) is 11.8 Å². The van der Waals surface area contributed by atoms with E-state index in [1.54, 1.807) is 54.3 Å². The predicted molar refractivity (Wildman–Crippen MR) is 170 cm³/mol. The van der Waals surface area contributed by atoms with E-state index in [9.17, 15) is 24.6 Å². The number of hydrogen-bond acceptors (Lipinski definition) is 6. The molecule has 2 aliphatic heterocycles. The fraction of sp³-hybridized carbons (Fsp3) is 0.343. The van der Waals surface area contributed by atoms with Crippen molar-refractivity contribution in [3.05, 3.63) is 102 Å². The minimum absolute atomic E-state index is 0.0439. The van der Waals surface area contributed by atoms with E-state index in [0.29, 0.717) is 35.7 Å². The van der Waals surface area contributed by atoms with Gasteiger partial charge in [0.15, 0.2) is 5.60 Å².